The number of aliphatic hydroxyl groups excluding tert-OH is 1. The van der Waals surface area contributed by atoms with E-state index in [0.29, 0.717) is 34.5 Å². The Hall–Kier alpha value is -3.02. The third kappa shape index (κ3) is 3.54. The Morgan fingerprint density at radius 2 is 2.11 bits per heavy atom. The molecule has 4 N–H and O–H groups in total. The topological polar surface area (TPSA) is 110 Å². The Bertz CT molecular complexity index is 1110. The summed E-state index contributed by atoms with van der Waals surface area (Å²) >= 11 is 6.29. The van der Waals surface area contributed by atoms with Gasteiger partial charge in [0.1, 0.15) is 23.1 Å². The van der Waals surface area contributed by atoms with Gasteiger partial charge in [-0.15, -0.1) is 0 Å². The second-order valence-electron chi connectivity index (χ2n) is 6.28. The van der Waals surface area contributed by atoms with Crippen molar-refractivity contribution in [1.29, 1.82) is 0 Å². The summed E-state index contributed by atoms with van der Waals surface area (Å²) in [5.41, 5.74) is 9.13. The van der Waals surface area contributed by atoms with Crippen molar-refractivity contribution in [2.24, 2.45) is 0 Å². The first kappa shape index (κ1) is 19.7. The first-order valence-corrected chi connectivity index (χ1v) is 8.94. The van der Waals surface area contributed by atoms with Gasteiger partial charge in [0.2, 0.25) is 12.1 Å². The van der Waals surface area contributed by atoms with E-state index in [2.05, 4.69) is 21.8 Å². The monoisotopic (exact) mass is 402 g/mol. The number of rotatable bonds is 4. The van der Waals surface area contributed by atoms with Crippen molar-refractivity contribution in [1.82, 2.24) is 14.5 Å². The average Bonchev–Trinajstić information content (AvgIpc) is 2.96. The molecule has 0 radical (unpaired) electrons. The maximum absolute atomic E-state index is 10.4. The molecule has 0 bridgehead atoms. The molecule has 8 nitrogen and oxygen atoms in total. The predicted molar refractivity (Wildman–Crippen MR) is 104 cm³/mol. The number of aliphatic hydroxyl groups is 1. The van der Waals surface area contributed by atoms with Crippen molar-refractivity contribution in [2.45, 2.75) is 26.8 Å². The van der Waals surface area contributed by atoms with Crippen LogP contribution in [-0.2, 0) is 6.54 Å². The molecular weight excluding hydrogens is 382 g/mol. The molecule has 9 heteroatoms. The lowest BCUT2D eigenvalue weighted by molar-refractivity contribution is -0.910. The van der Waals surface area contributed by atoms with Gasteiger partial charge in [-0.3, -0.25) is 5.21 Å². The molecule has 3 aromatic heterocycles. The van der Waals surface area contributed by atoms with E-state index in [-0.39, 0.29) is 24.3 Å². The van der Waals surface area contributed by atoms with E-state index in [9.17, 15) is 5.21 Å². The largest absolute Gasteiger partial charge is 0.496 e. The molecule has 3 heterocycles. The first-order valence-electron chi connectivity index (χ1n) is 8.56. The number of aromatic nitrogens is 4. The smallest absolute Gasteiger partial charge is 0.260 e. The second-order valence-corrected chi connectivity index (χ2v) is 6.64. The molecule has 0 spiro atoms. The van der Waals surface area contributed by atoms with Gasteiger partial charge in [0.15, 0.2) is 0 Å². The number of fused-ring (bicyclic) bond motifs is 1. The average molecular weight is 403 g/mol. The Labute approximate surface area is 167 Å². The highest BCUT2D eigenvalue weighted by Crippen LogP contribution is 2.29. The molecule has 0 saturated carbocycles. The quantitative estimate of drug-likeness (QED) is 0.264. The third-order valence-corrected chi connectivity index (χ3v) is 4.67. The van der Waals surface area contributed by atoms with Crippen molar-refractivity contribution in [3.8, 4) is 17.6 Å². The number of nitrogen functional groups attached to an aromatic ring is 1. The third-order valence-electron chi connectivity index (χ3n) is 4.40. The summed E-state index contributed by atoms with van der Waals surface area (Å²) in [6.07, 6.45) is 3.71. The molecule has 0 aliphatic carbocycles. The van der Waals surface area contributed by atoms with E-state index in [0.717, 1.165) is 15.9 Å². The Morgan fingerprint density at radius 3 is 2.79 bits per heavy atom. The van der Waals surface area contributed by atoms with Gasteiger partial charge in [0, 0.05) is 17.3 Å². The highest BCUT2D eigenvalue weighted by atomic mass is 35.5. The number of anilines is 1. The molecular formula is C19H21ClN5O3+. The fourth-order valence-electron chi connectivity index (χ4n) is 3.17. The summed E-state index contributed by atoms with van der Waals surface area (Å²) in [6.45, 7) is 3.98. The van der Waals surface area contributed by atoms with Crippen molar-refractivity contribution in [3.05, 3.63) is 39.9 Å². The summed E-state index contributed by atoms with van der Waals surface area (Å²) in [7, 11) is 1.59. The Balaban J connectivity index is 2.19. The van der Waals surface area contributed by atoms with Crippen LogP contribution in [0.15, 0.2) is 12.4 Å². The first-order chi connectivity index (χ1) is 13.4. The zero-order chi connectivity index (χ0) is 20.4. The summed E-state index contributed by atoms with van der Waals surface area (Å²) in [5, 5.41) is 20.2. The van der Waals surface area contributed by atoms with E-state index >= 15 is 0 Å². The van der Waals surface area contributed by atoms with Gasteiger partial charge in [-0.05, 0) is 13.8 Å². The van der Waals surface area contributed by atoms with E-state index in [1.165, 1.54) is 0 Å². The van der Waals surface area contributed by atoms with E-state index in [1.54, 1.807) is 24.1 Å². The number of ether oxygens (including phenoxy) is 1. The SMILES string of the molecule is COc1c(C)c[n+](O)c(Cn2cc(C#CCCO)c3c(Cl)nc(N)nc32)c1C. The maximum atomic E-state index is 10.4. The van der Waals surface area contributed by atoms with Gasteiger partial charge in [-0.2, -0.15) is 4.98 Å². The number of hydrogen-bond donors (Lipinski definition) is 3. The number of pyridine rings is 1. The molecule has 3 rings (SSSR count). The number of nitrogens with zero attached hydrogens (tertiary/aromatic N) is 4. The molecule has 0 fully saturated rings. The van der Waals surface area contributed by atoms with E-state index in [4.69, 9.17) is 27.2 Å². The maximum Gasteiger partial charge on any atom is 0.260 e. The lowest BCUT2D eigenvalue weighted by Gasteiger charge is -2.10. The molecule has 0 aromatic carbocycles. The van der Waals surface area contributed by atoms with Gasteiger partial charge in [-0.1, -0.05) is 23.4 Å². The van der Waals surface area contributed by atoms with Crippen LogP contribution < -0.4 is 15.2 Å². The zero-order valence-corrected chi connectivity index (χ0v) is 16.6. The van der Waals surface area contributed by atoms with Crippen molar-refractivity contribution >= 4 is 28.6 Å². The Morgan fingerprint density at radius 1 is 1.36 bits per heavy atom. The number of hydrogen-bond acceptors (Lipinski definition) is 6. The van der Waals surface area contributed by atoms with Crippen LogP contribution in [0.4, 0.5) is 5.95 Å². The summed E-state index contributed by atoms with van der Waals surface area (Å²) in [4.78, 5) is 8.32. The number of aryl methyl sites for hydroxylation is 1. The van der Waals surface area contributed by atoms with Crippen LogP contribution in [0.25, 0.3) is 11.0 Å². The van der Waals surface area contributed by atoms with Crippen LogP contribution >= 0.6 is 11.6 Å². The molecule has 0 aliphatic rings. The van der Waals surface area contributed by atoms with Crippen molar-refractivity contribution in [2.75, 3.05) is 19.5 Å². The van der Waals surface area contributed by atoms with Crippen LogP contribution in [0.1, 0.15) is 28.8 Å². The van der Waals surface area contributed by atoms with Crippen LogP contribution in [0.5, 0.6) is 5.75 Å². The van der Waals surface area contributed by atoms with Crippen molar-refractivity contribution in [3.63, 3.8) is 0 Å². The number of halogens is 1. The molecule has 28 heavy (non-hydrogen) atoms. The second kappa shape index (κ2) is 7.92. The minimum absolute atomic E-state index is 0.0321. The highest BCUT2D eigenvalue weighted by molar-refractivity contribution is 6.34. The molecule has 0 unspecified atom stereocenters. The molecule has 0 aliphatic heterocycles. The molecule has 3 aromatic rings. The molecule has 0 atom stereocenters. The molecule has 0 amide bonds. The fraction of sp³-hybridized carbons (Fsp3) is 0.316. The van der Waals surface area contributed by atoms with Gasteiger partial charge in [0.25, 0.3) is 5.69 Å². The van der Waals surface area contributed by atoms with Gasteiger partial charge in [-0.25, -0.2) is 4.98 Å². The van der Waals surface area contributed by atoms with E-state index in [1.807, 2.05) is 13.8 Å². The molecule has 146 valence electrons. The van der Waals surface area contributed by atoms with Crippen LogP contribution in [-0.4, -0.2) is 38.6 Å². The number of nitrogens with two attached hydrogens (primary N) is 1. The van der Waals surface area contributed by atoms with Gasteiger partial charge in [0.05, 0.1) is 35.8 Å². The summed E-state index contributed by atoms with van der Waals surface area (Å²) in [5.74, 6) is 6.61. The van der Waals surface area contributed by atoms with Crippen LogP contribution in [0, 0.1) is 25.7 Å². The summed E-state index contributed by atoms with van der Waals surface area (Å²) < 4.78 is 8.33. The van der Waals surface area contributed by atoms with Crippen LogP contribution in [0.2, 0.25) is 5.15 Å². The standard InChI is InChI=1S/C19H21ClN5O3/c1-11-8-25(27)14(12(2)16(11)28-3)10-24-9-13(6-4-5-7-26)15-17(20)22-19(21)23-18(15)24/h8-9,26-27H,5,7,10H2,1-3H3,(H2,21,22,23)/q+1. The predicted octanol–water partition coefficient (Wildman–Crippen LogP) is 1.60. The van der Waals surface area contributed by atoms with Crippen LogP contribution in [0.3, 0.4) is 0 Å². The van der Waals surface area contributed by atoms with Crippen molar-refractivity contribution < 1.29 is 19.8 Å². The lowest BCUT2D eigenvalue weighted by Crippen LogP contribution is -2.37. The van der Waals surface area contributed by atoms with E-state index < -0.39 is 0 Å². The number of methoxy groups -OCH3 is 1. The minimum atomic E-state index is -0.0321. The highest BCUT2D eigenvalue weighted by Gasteiger charge is 2.24. The molecule has 0 saturated heterocycles. The summed E-state index contributed by atoms with van der Waals surface area (Å²) in [6, 6.07) is 0. The van der Waals surface area contributed by atoms with Gasteiger partial charge >= 0.3 is 0 Å². The van der Waals surface area contributed by atoms with Gasteiger partial charge < -0.3 is 20.1 Å². The minimum Gasteiger partial charge on any atom is -0.496 e. The normalized spacial score (nSPS) is 10.8. The fourth-order valence-corrected chi connectivity index (χ4v) is 3.45. The zero-order valence-electron chi connectivity index (χ0n) is 15.8. The lowest BCUT2D eigenvalue weighted by atomic mass is 10.1. The Kier molecular flexibility index (Phi) is 5.58.